The summed E-state index contributed by atoms with van der Waals surface area (Å²) in [7, 11) is 0. The molecule has 6 heteroatoms. The number of aliphatic hydroxyl groups is 1. The largest absolute Gasteiger partial charge is 0.389 e. The van der Waals surface area contributed by atoms with Crippen molar-refractivity contribution in [3.05, 3.63) is 62.8 Å². The molecule has 2 aromatic rings. The Kier molecular flexibility index (Phi) is 5.71. The van der Waals surface area contributed by atoms with Crippen LogP contribution in [0.2, 0.25) is 5.02 Å². The predicted molar refractivity (Wildman–Crippen MR) is 85.1 cm³/mol. The molecule has 0 aliphatic carbocycles. The fraction of sp³-hybridized carbons (Fsp3) is 0.375. The van der Waals surface area contributed by atoms with Crippen molar-refractivity contribution >= 4 is 11.6 Å². The molecule has 118 valence electrons. The lowest BCUT2D eigenvalue weighted by atomic mass is 10.2. The molecular weight excluding hydrogens is 304 g/mol. The Morgan fingerprint density at radius 3 is 2.68 bits per heavy atom. The van der Waals surface area contributed by atoms with Crippen molar-refractivity contribution < 1.29 is 9.84 Å². The minimum Gasteiger partial charge on any atom is -0.389 e. The summed E-state index contributed by atoms with van der Waals surface area (Å²) in [5, 5.41) is 10.6. The molecular formula is C16H19ClN2O3. The van der Waals surface area contributed by atoms with E-state index in [1.54, 1.807) is 26.0 Å². The fourth-order valence-corrected chi connectivity index (χ4v) is 2.10. The van der Waals surface area contributed by atoms with Gasteiger partial charge in [0, 0.05) is 16.3 Å². The number of hydrogen-bond acceptors (Lipinski definition) is 4. The van der Waals surface area contributed by atoms with Crippen molar-refractivity contribution in [1.29, 1.82) is 0 Å². The zero-order chi connectivity index (χ0) is 16.1. The highest BCUT2D eigenvalue weighted by atomic mass is 35.5. The Labute approximate surface area is 134 Å². The first-order chi connectivity index (χ1) is 10.5. The fourth-order valence-electron chi connectivity index (χ4n) is 1.98. The first kappa shape index (κ1) is 16.7. The molecule has 1 aromatic carbocycles. The molecule has 1 N–H and O–H groups in total. The van der Waals surface area contributed by atoms with Crippen LogP contribution in [0.15, 0.2) is 35.4 Å². The summed E-state index contributed by atoms with van der Waals surface area (Å²) in [5.74, 6) is 0. The number of benzene rings is 1. The van der Waals surface area contributed by atoms with Crippen LogP contribution in [-0.4, -0.2) is 27.4 Å². The van der Waals surface area contributed by atoms with Crippen LogP contribution >= 0.6 is 11.6 Å². The van der Waals surface area contributed by atoms with Crippen LogP contribution in [0.1, 0.15) is 16.8 Å². The van der Waals surface area contributed by atoms with Gasteiger partial charge in [0.15, 0.2) is 0 Å². The van der Waals surface area contributed by atoms with E-state index >= 15 is 0 Å². The van der Waals surface area contributed by atoms with E-state index in [9.17, 15) is 9.90 Å². The van der Waals surface area contributed by atoms with Crippen LogP contribution in [0.25, 0.3) is 0 Å². The molecule has 0 aliphatic heterocycles. The maximum absolute atomic E-state index is 12.0. The first-order valence-corrected chi connectivity index (χ1v) is 7.38. The molecule has 2 rings (SSSR count). The summed E-state index contributed by atoms with van der Waals surface area (Å²) in [5.41, 5.74) is 2.14. The molecule has 0 spiro atoms. The number of aliphatic hydroxyl groups excluding tert-OH is 1. The first-order valence-electron chi connectivity index (χ1n) is 7.00. The molecule has 0 fully saturated rings. The van der Waals surface area contributed by atoms with Gasteiger partial charge in [0.05, 0.1) is 32.2 Å². The van der Waals surface area contributed by atoms with Gasteiger partial charge in [0.25, 0.3) is 5.56 Å². The monoisotopic (exact) mass is 322 g/mol. The summed E-state index contributed by atoms with van der Waals surface area (Å²) in [6.45, 7) is 4.20. The van der Waals surface area contributed by atoms with Gasteiger partial charge in [-0.15, -0.1) is 0 Å². The highest BCUT2D eigenvalue weighted by Crippen LogP contribution is 2.10. The van der Waals surface area contributed by atoms with E-state index < -0.39 is 6.10 Å². The number of ether oxygens (including phenoxy) is 1. The Bertz CT molecular complexity index is 683. The highest BCUT2D eigenvalue weighted by molar-refractivity contribution is 6.30. The van der Waals surface area contributed by atoms with Crippen molar-refractivity contribution in [2.75, 3.05) is 6.61 Å². The van der Waals surface area contributed by atoms with Gasteiger partial charge in [-0.25, -0.2) is 4.98 Å². The summed E-state index contributed by atoms with van der Waals surface area (Å²) in [6.07, 6.45) is 0.682. The molecule has 1 aromatic heterocycles. The van der Waals surface area contributed by atoms with E-state index in [4.69, 9.17) is 16.3 Å². The summed E-state index contributed by atoms with van der Waals surface area (Å²) in [4.78, 5) is 16.1. The number of halogens is 1. The minimum absolute atomic E-state index is 0.135. The Balaban J connectivity index is 1.85. The van der Waals surface area contributed by atoms with Crippen molar-refractivity contribution in [3.63, 3.8) is 0 Å². The third-order valence-electron chi connectivity index (χ3n) is 3.41. The molecule has 22 heavy (non-hydrogen) atoms. The molecule has 0 amide bonds. The van der Waals surface area contributed by atoms with Gasteiger partial charge in [-0.05, 0) is 31.5 Å². The lowest BCUT2D eigenvalue weighted by Gasteiger charge is -2.14. The summed E-state index contributed by atoms with van der Waals surface area (Å²) < 4.78 is 6.86. The molecule has 0 saturated heterocycles. The van der Waals surface area contributed by atoms with Crippen LogP contribution in [0.3, 0.4) is 0 Å². The number of aryl methyl sites for hydroxylation is 1. The van der Waals surface area contributed by atoms with Crippen molar-refractivity contribution in [2.24, 2.45) is 0 Å². The van der Waals surface area contributed by atoms with Gasteiger partial charge in [-0.1, -0.05) is 23.7 Å². The van der Waals surface area contributed by atoms with Crippen LogP contribution < -0.4 is 5.56 Å². The number of aromatic nitrogens is 2. The number of nitrogens with zero attached hydrogens (tertiary/aromatic N) is 2. The van der Waals surface area contributed by atoms with Crippen LogP contribution in [-0.2, 0) is 17.9 Å². The lowest BCUT2D eigenvalue weighted by molar-refractivity contribution is 0.0197. The average molecular weight is 323 g/mol. The van der Waals surface area contributed by atoms with E-state index in [0.29, 0.717) is 22.9 Å². The lowest BCUT2D eigenvalue weighted by Crippen LogP contribution is -2.31. The summed E-state index contributed by atoms with van der Waals surface area (Å²) in [6, 6.07) is 7.31. The van der Waals surface area contributed by atoms with E-state index in [2.05, 4.69) is 4.98 Å². The zero-order valence-corrected chi connectivity index (χ0v) is 13.4. The Hall–Kier alpha value is -1.69. The van der Waals surface area contributed by atoms with Crippen LogP contribution in [0.5, 0.6) is 0 Å². The molecule has 0 saturated carbocycles. The maximum Gasteiger partial charge on any atom is 0.256 e. The molecule has 1 atom stereocenters. The molecule has 0 radical (unpaired) electrons. The van der Waals surface area contributed by atoms with E-state index in [-0.39, 0.29) is 18.7 Å². The zero-order valence-electron chi connectivity index (χ0n) is 12.6. The van der Waals surface area contributed by atoms with Crippen LogP contribution in [0, 0.1) is 13.8 Å². The van der Waals surface area contributed by atoms with Gasteiger partial charge in [-0.3, -0.25) is 9.36 Å². The third-order valence-corrected chi connectivity index (χ3v) is 3.67. The average Bonchev–Trinajstić information content (AvgIpc) is 2.50. The highest BCUT2D eigenvalue weighted by Gasteiger charge is 2.09. The third kappa shape index (κ3) is 4.40. The van der Waals surface area contributed by atoms with Crippen molar-refractivity contribution in [2.45, 2.75) is 33.1 Å². The van der Waals surface area contributed by atoms with E-state index in [1.165, 1.54) is 10.9 Å². The second kappa shape index (κ2) is 7.54. The quantitative estimate of drug-likeness (QED) is 0.884. The van der Waals surface area contributed by atoms with Gasteiger partial charge >= 0.3 is 0 Å². The smallest absolute Gasteiger partial charge is 0.256 e. The Morgan fingerprint density at radius 2 is 2.00 bits per heavy atom. The van der Waals surface area contributed by atoms with Gasteiger partial charge in [-0.2, -0.15) is 0 Å². The van der Waals surface area contributed by atoms with Gasteiger partial charge in [0.2, 0.25) is 0 Å². The maximum atomic E-state index is 12.0. The summed E-state index contributed by atoms with van der Waals surface area (Å²) >= 11 is 5.81. The van der Waals surface area contributed by atoms with Crippen molar-refractivity contribution in [3.8, 4) is 0 Å². The van der Waals surface area contributed by atoms with Gasteiger partial charge < -0.3 is 9.84 Å². The Morgan fingerprint density at radius 1 is 1.32 bits per heavy atom. The molecule has 5 nitrogen and oxygen atoms in total. The van der Waals surface area contributed by atoms with Crippen LogP contribution in [0.4, 0.5) is 0 Å². The molecule has 1 heterocycles. The second-order valence-corrected chi connectivity index (χ2v) is 5.64. The predicted octanol–water partition coefficient (Wildman–Crippen LogP) is 2.09. The normalized spacial score (nSPS) is 12.4. The minimum atomic E-state index is -0.770. The topological polar surface area (TPSA) is 64.3 Å². The van der Waals surface area contributed by atoms with Gasteiger partial charge in [0.1, 0.15) is 0 Å². The molecule has 0 bridgehead atoms. The SMILES string of the molecule is Cc1ncn(C[C@@H](O)COCc2ccc(Cl)cc2)c(=O)c1C. The number of rotatable bonds is 6. The van der Waals surface area contributed by atoms with E-state index in [1.807, 2.05) is 12.1 Å². The van der Waals surface area contributed by atoms with Crippen molar-refractivity contribution in [1.82, 2.24) is 9.55 Å². The standard InChI is InChI=1S/C16H19ClN2O3/c1-11-12(2)18-10-19(16(11)21)7-15(20)9-22-8-13-3-5-14(17)6-4-13/h3-6,10,15,20H,7-9H2,1-2H3/t15-/m1/s1. The molecule has 0 aliphatic rings. The van der Waals surface area contributed by atoms with E-state index in [0.717, 1.165) is 5.56 Å². The molecule has 0 unspecified atom stereocenters. The number of hydrogen-bond donors (Lipinski definition) is 1. The second-order valence-electron chi connectivity index (χ2n) is 5.21.